The summed E-state index contributed by atoms with van der Waals surface area (Å²) in [5.74, 6) is -0.496. The van der Waals surface area contributed by atoms with E-state index < -0.39 is 28.5 Å². The van der Waals surface area contributed by atoms with Crippen LogP contribution in [0.4, 0.5) is 5.69 Å². The van der Waals surface area contributed by atoms with Crippen molar-refractivity contribution in [3.63, 3.8) is 0 Å². The molecule has 0 aromatic heterocycles. The SMILES string of the molecule is CCCCNC(=O)[C@H](Cc1ccccc1)N(Cc1ccc(Cl)cc1Cl)C(=O)CN(c1ccc(Cl)cc1)S(=O)(=O)c1ccc(OC)c(OC)c1. The molecule has 1 atom stereocenters. The van der Waals surface area contributed by atoms with E-state index in [4.69, 9.17) is 44.3 Å². The standard InChI is InChI=1S/C36H38Cl3N3O6S/c1-4-5-19-40-36(44)32(20-25-9-7-6-8-10-25)41(23-26-11-12-28(38)21-31(26)39)35(43)24-42(29-15-13-27(37)14-16-29)49(45,46)30-17-18-33(47-2)34(22-30)48-3/h6-18,21-22,32H,4-5,19-20,23-24H2,1-3H3,(H,40,44)/t32-/m0/s1. The smallest absolute Gasteiger partial charge is 0.264 e. The number of anilines is 1. The van der Waals surface area contributed by atoms with Gasteiger partial charge in [-0.25, -0.2) is 8.42 Å². The molecule has 0 aliphatic heterocycles. The highest BCUT2D eigenvalue weighted by Crippen LogP contribution is 2.33. The highest BCUT2D eigenvalue weighted by Gasteiger charge is 2.35. The lowest BCUT2D eigenvalue weighted by Crippen LogP contribution is -2.53. The van der Waals surface area contributed by atoms with Crippen LogP contribution in [0, 0.1) is 0 Å². The minimum absolute atomic E-state index is 0.0988. The van der Waals surface area contributed by atoms with E-state index in [1.54, 1.807) is 18.2 Å². The summed E-state index contributed by atoms with van der Waals surface area (Å²) in [4.78, 5) is 29.8. The fourth-order valence-electron chi connectivity index (χ4n) is 5.13. The maximum Gasteiger partial charge on any atom is 0.264 e. The number of rotatable bonds is 16. The van der Waals surface area contributed by atoms with Crippen molar-refractivity contribution in [3.8, 4) is 11.5 Å². The summed E-state index contributed by atoms with van der Waals surface area (Å²) >= 11 is 18.9. The van der Waals surface area contributed by atoms with E-state index in [1.165, 1.54) is 61.6 Å². The largest absolute Gasteiger partial charge is 0.493 e. The number of nitrogens with zero attached hydrogens (tertiary/aromatic N) is 2. The minimum atomic E-state index is -4.40. The molecule has 4 rings (SSSR count). The Kier molecular flexibility index (Phi) is 13.6. The van der Waals surface area contributed by atoms with E-state index >= 15 is 0 Å². The Hall–Kier alpha value is -3.96. The molecule has 0 fully saturated rings. The van der Waals surface area contributed by atoms with Gasteiger partial charge in [0.2, 0.25) is 11.8 Å². The Labute approximate surface area is 302 Å². The number of halogens is 3. The molecule has 13 heteroatoms. The summed E-state index contributed by atoms with van der Waals surface area (Å²) in [6.07, 6.45) is 1.77. The van der Waals surface area contributed by atoms with Gasteiger partial charge in [-0.05, 0) is 66.1 Å². The fraction of sp³-hybridized carbons (Fsp3) is 0.278. The van der Waals surface area contributed by atoms with Crippen LogP contribution in [0.5, 0.6) is 11.5 Å². The van der Waals surface area contributed by atoms with Crippen molar-refractivity contribution in [1.82, 2.24) is 10.2 Å². The zero-order valence-corrected chi connectivity index (χ0v) is 30.5. The Morgan fingerprint density at radius 3 is 2.14 bits per heavy atom. The number of hydrogen-bond donors (Lipinski definition) is 1. The van der Waals surface area contributed by atoms with Gasteiger partial charge in [-0.3, -0.25) is 13.9 Å². The predicted octanol–water partition coefficient (Wildman–Crippen LogP) is 7.42. The van der Waals surface area contributed by atoms with Gasteiger partial charge in [0.25, 0.3) is 10.0 Å². The third-order valence-corrected chi connectivity index (χ3v) is 10.4. The minimum Gasteiger partial charge on any atom is -0.493 e. The second kappa shape index (κ2) is 17.6. The molecule has 4 aromatic carbocycles. The third-order valence-electron chi connectivity index (χ3n) is 7.79. The van der Waals surface area contributed by atoms with Crippen LogP contribution in [0.2, 0.25) is 15.1 Å². The summed E-state index contributed by atoms with van der Waals surface area (Å²) in [5.41, 5.74) is 1.52. The van der Waals surface area contributed by atoms with E-state index in [2.05, 4.69) is 5.32 Å². The monoisotopic (exact) mass is 745 g/mol. The quantitative estimate of drug-likeness (QED) is 0.120. The molecule has 0 bridgehead atoms. The summed E-state index contributed by atoms with van der Waals surface area (Å²) in [6, 6.07) is 23.4. The summed E-state index contributed by atoms with van der Waals surface area (Å²) in [5, 5.41) is 4.04. The molecule has 0 unspecified atom stereocenters. The van der Waals surface area contributed by atoms with E-state index in [-0.39, 0.29) is 35.2 Å². The molecule has 49 heavy (non-hydrogen) atoms. The van der Waals surface area contributed by atoms with Gasteiger partial charge in [-0.2, -0.15) is 0 Å². The zero-order valence-electron chi connectivity index (χ0n) is 27.4. The second-order valence-corrected chi connectivity index (χ2v) is 14.3. The van der Waals surface area contributed by atoms with E-state index in [1.807, 2.05) is 37.3 Å². The van der Waals surface area contributed by atoms with Crippen molar-refractivity contribution in [2.24, 2.45) is 0 Å². The van der Waals surface area contributed by atoms with Gasteiger partial charge in [-0.1, -0.05) is 84.5 Å². The lowest BCUT2D eigenvalue weighted by atomic mass is 10.0. The van der Waals surface area contributed by atoms with Crippen molar-refractivity contribution < 1.29 is 27.5 Å². The van der Waals surface area contributed by atoms with E-state index in [9.17, 15) is 18.0 Å². The number of sulfonamides is 1. The first-order chi connectivity index (χ1) is 23.5. The topological polar surface area (TPSA) is 105 Å². The average Bonchev–Trinajstić information content (AvgIpc) is 3.10. The highest BCUT2D eigenvalue weighted by molar-refractivity contribution is 7.92. The van der Waals surface area contributed by atoms with Crippen LogP contribution in [-0.2, 0) is 32.6 Å². The lowest BCUT2D eigenvalue weighted by Gasteiger charge is -2.34. The number of unbranched alkanes of at least 4 members (excludes halogenated alkanes) is 1. The molecule has 0 aliphatic rings. The summed E-state index contributed by atoms with van der Waals surface area (Å²) < 4.78 is 40.4. The molecule has 0 aliphatic carbocycles. The molecule has 260 valence electrons. The van der Waals surface area contributed by atoms with Crippen LogP contribution in [0.25, 0.3) is 0 Å². The number of carbonyl (C=O) groups is 2. The molecule has 9 nitrogen and oxygen atoms in total. The number of methoxy groups -OCH3 is 2. The summed E-state index contributed by atoms with van der Waals surface area (Å²) in [7, 11) is -1.56. The van der Waals surface area contributed by atoms with Gasteiger partial charge in [0.05, 0.1) is 24.8 Å². The maximum absolute atomic E-state index is 14.6. The van der Waals surface area contributed by atoms with Gasteiger partial charge in [-0.15, -0.1) is 0 Å². The second-order valence-electron chi connectivity index (χ2n) is 11.1. The maximum atomic E-state index is 14.6. The van der Waals surface area contributed by atoms with Crippen LogP contribution in [0.3, 0.4) is 0 Å². The van der Waals surface area contributed by atoms with Crippen LogP contribution >= 0.6 is 34.8 Å². The van der Waals surface area contributed by atoms with Crippen molar-refractivity contribution in [2.75, 3.05) is 31.6 Å². The third kappa shape index (κ3) is 9.82. The van der Waals surface area contributed by atoms with Crippen LogP contribution in [0.1, 0.15) is 30.9 Å². The van der Waals surface area contributed by atoms with Gasteiger partial charge in [0, 0.05) is 40.6 Å². The molecule has 1 N–H and O–H groups in total. The van der Waals surface area contributed by atoms with Crippen LogP contribution in [-0.4, -0.2) is 58.5 Å². The van der Waals surface area contributed by atoms with Crippen molar-refractivity contribution in [2.45, 2.75) is 43.7 Å². The van der Waals surface area contributed by atoms with Crippen molar-refractivity contribution in [1.29, 1.82) is 0 Å². The molecule has 2 amide bonds. The van der Waals surface area contributed by atoms with Crippen LogP contribution in [0.15, 0.2) is 95.9 Å². The summed E-state index contributed by atoms with van der Waals surface area (Å²) in [6.45, 7) is 1.67. The number of amides is 2. The molecule has 0 saturated carbocycles. The van der Waals surface area contributed by atoms with Crippen molar-refractivity contribution in [3.05, 3.63) is 117 Å². The van der Waals surface area contributed by atoms with Crippen molar-refractivity contribution >= 4 is 62.3 Å². The van der Waals surface area contributed by atoms with E-state index in [0.717, 1.165) is 22.7 Å². The number of hydrogen-bond acceptors (Lipinski definition) is 6. The zero-order chi connectivity index (χ0) is 35.6. The first-order valence-corrected chi connectivity index (χ1v) is 18.1. The van der Waals surface area contributed by atoms with Gasteiger partial charge < -0.3 is 19.7 Å². The Morgan fingerprint density at radius 1 is 0.837 bits per heavy atom. The first-order valence-electron chi connectivity index (χ1n) is 15.5. The number of nitrogens with one attached hydrogen (secondary N) is 1. The highest BCUT2D eigenvalue weighted by atomic mass is 35.5. The first kappa shape index (κ1) is 37.9. The Morgan fingerprint density at radius 2 is 1.51 bits per heavy atom. The molecule has 0 spiro atoms. The molecule has 0 heterocycles. The predicted molar refractivity (Wildman–Crippen MR) is 194 cm³/mol. The molecular formula is C36H38Cl3N3O6S. The fourth-order valence-corrected chi connectivity index (χ4v) is 7.16. The van der Waals surface area contributed by atoms with Gasteiger partial charge >= 0.3 is 0 Å². The van der Waals surface area contributed by atoms with Crippen LogP contribution < -0.4 is 19.1 Å². The number of ether oxygens (including phenoxy) is 2. The van der Waals surface area contributed by atoms with Gasteiger partial charge in [0.1, 0.15) is 12.6 Å². The average molecular weight is 747 g/mol. The number of carbonyl (C=O) groups excluding carboxylic acids is 2. The Balaban J connectivity index is 1.83. The van der Waals surface area contributed by atoms with E-state index in [0.29, 0.717) is 32.9 Å². The lowest BCUT2D eigenvalue weighted by molar-refractivity contribution is -0.140. The van der Waals surface area contributed by atoms with Gasteiger partial charge in [0.15, 0.2) is 11.5 Å². The Bertz CT molecular complexity index is 1840. The molecular weight excluding hydrogens is 709 g/mol. The number of benzene rings is 4. The molecule has 0 saturated heterocycles. The molecule has 4 aromatic rings. The molecule has 0 radical (unpaired) electrons. The normalized spacial score (nSPS) is 11.8.